The van der Waals surface area contributed by atoms with Crippen molar-refractivity contribution in [1.82, 2.24) is 20.5 Å². The first-order valence-electron chi connectivity index (χ1n) is 10.9. The number of methoxy groups -OCH3 is 1. The summed E-state index contributed by atoms with van der Waals surface area (Å²) in [5, 5.41) is 15.8. The molecule has 2 aliphatic rings. The predicted octanol–water partition coefficient (Wildman–Crippen LogP) is 1.56. The van der Waals surface area contributed by atoms with Crippen molar-refractivity contribution in [3.63, 3.8) is 0 Å². The number of rotatable bonds is 6. The molecule has 3 heterocycles. The Bertz CT molecular complexity index is 1090. The van der Waals surface area contributed by atoms with Crippen LogP contribution < -0.4 is 15.4 Å². The first kappa shape index (κ1) is 21.7. The van der Waals surface area contributed by atoms with Gasteiger partial charge in [-0.1, -0.05) is 13.0 Å². The number of nitriles is 1. The summed E-state index contributed by atoms with van der Waals surface area (Å²) in [6.07, 6.45) is 1.44. The predicted molar refractivity (Wildman–Crippen MR) is 117 cm³/mol. The molecule has 1 unspecified atom stereocenters. The second kappa shape index (κ2) is 8.91. The van der Waals surface area contributed by atoms with Crippen molar-refractivity contribution in [3.05, 3.63) is 30.0 Å². The zero-order chi connectivity index (χ0) is 22.8. The summed E-state index contributed by atoms with van der Waals surface area (Å²) in [4.78, 5) is 42.9. The number of benzene rings is 1. The van der Waals surface area contributed by atoms with Crippen molar-refractivity contribution in [2.24, 2.45) is 11.8 Å². The number of carbonyl (C=O) groups excluding carboxylic acids is 3. The molecule has 0 saturated carbocycles. The molecule has 3 amide bonds. The van der Waals surface area contributed by atoms with Gasteiger partial charge in [-0.3, -0.25) is 14.4 Å². The number of nitrogens with zero attached hydrogens (tertiary/aromatic N) is 2. The van der Waals surface area contributed by atoms with Crippen LogP contribution in [0.2, 0.25) is 0 Å². The lowest BCUT2D eigenvalue weighted by Crippen LogP contribution is -2.49. The molecule has 168 valence electrons. The van der Waals surface area contributed by atoms with E-state index in [0.717, 1.165) is 10.9 Å². The normalized spacial score (nSPS) is 23.6. The quantitative estimate of drug-likeness (QED) is 0.632. The van der Waals surface area contributed by atoms with Crippen molar-refractivity contribution in [3.8, 4) is 11.8 Å². The molecule has 9 nitrogen and oxygen atoms in total. The van der Waals surface area contributed by atoms with Crippen LogP contribution >= 0.6 is 0 Å². The van der Waals surface area contributed by atoms with E-state index in [1.54, 1.807) is 18.1 Å². The molecule has 32 heavy (non-hydrogen) atoms. The SMILES string of the molecule is COc1cccc2[nH]c(C(=O)N3C[C@H](C)C[C@H]3C(=O)NC(C#N)C[C@@H]3CCNC3=O)cc12. The van der Waals surface area contributed by atoms with Gasteiger partial charge in [0.2, 0.25) is 11.8 Å². The molecule has 3 N–H and O–H groups in total. The average Bonchev–Trinajstić information content (AvgIpc) is 3.50. The van der Waals surface area contributed by atoms with E-state index in [2.05, 4.69) is 21.7 Å². The third-order valence-electron chi connectivity index (χ3n) is 6.30. The number of hydrogen-bond acceptors (Lipinski definition) is 5. The molecular formula is C23H27N5O4. The van der Waals surface area contributed by atoms with Crippen LogP contribution in [-0.4, -0.2) is 59.9 Å². The fraction of sp³-hybridized carbons (Fsp3) is 0.478. The van der Waals surface area contributed by atoms with Crippen molar-refractivity contribution in [1.29, 1.82) is 5.26 Å². The van der Waals surface area contributed by atoms with Crippen molar-refractivity contribution < 1.29 is 19.1 Å². The third-order valence-corrected chi connectivity index (χ3v) is 6.30. The summed E-state index contributed by atoms with van der Waals surface area (Å²) in [5.41, 5.74) is 1.16. The van der Waals surface area contributed by atoms with E-state index in [4.69, 9.17) is 4.74 Å². The van der Waals surface area contributed by atoms with Gasteiger partial charge in [0.05, 0.1) is 13.2 Å². The molecule has 1 aromatic carbocycles. The molecule has 2 saturated heterocycles. The highest BCUT2D eigenvalue weighted by atomic mass is 16.5. The van der Waals surface area contributed by atoms with Gasteiger partial charge in [0.25, 0.3) is 5.91 Å². The number of aromatic nitrogens is 1. The minimum absolute atomic E-state index is 0.0833. The Morgan fingerprint density at radius 1 is 1.41 bits per heavy atom. The molecule has 9 heteroatoms. The average molecular weight is 438 g/mol. The number of nitrogens with one attached hydrogen (secondary N) is 3. The summed E-state index contributed by atoms with van der Waals surface area (Å²) in [6.45, 7) is 3.03. The highest BCUT2D eigenvalue weighted by Crippen LogP contribution is 2.29. The van der Waals surface area contributed by atoms with Gasteiger partial charge in [0, 0.05) is 29.9 Å². The van der Waals surface area contributed by atoms with E-state index in [9.17, 15) is 19.6 Å². The maximum atomic E-state index is 13.3. The van der Waals surface area contributed by atoms with Crippen molar-refractivity contribution in [2.45, 2.75) is 38.3 Å². The maximum Gasteiger partial charge on any atom is 0.270 e. The van der Waals surface area contributed by atoms with Crippen LogP contribution in [0, 0.1) is 23.2 Å². The number of carbonyl (C=O) groups is 3. The highest BCUT2D eigenvalue weighted by Gasteiger charge is 2.39. The number of H-pyrrole nitrogens is 1. The van der Waals surface area contributed by atoms with Crippen LogP contribution in [0.25, 0.3) is 10.9 Å². The molecule has 2 aliphatic heterocycles. The van der Waals surface area contributed by atoms with Crippen molar-refractivity contribution >= 4 is 28.6 Å². The molecule has 0 spiro atoms. The Balaban J connectivity index is 1.50. The van der Waals surface area contributed by atoms with E-state index < -0.39 is 12.1 Å². The molecule has 2 fully saturated rings. The minimum atomic E-state index is -0.776. The molecule has 0 aliphatic carbocycles. The topological polar surface area (TPSA) is 127 Å². The minimum Gasteiger partial charge on any atom is -0.496 e. The number of amides is 3. The van der Waals surface area contributed by atoms with Gasteiger partial charge in [0.15, 0.2) is 0 Å². The summed E-state index contributed by atoms with van der Waals surface area (Å²) in [5.74, 6) is -0.177. The lowest BCUT2D eigenvalue weighted by atomic mass is 9.98. The summed E-state index contributed by atoms with van der Waals surface area (Å²) in [6, 6.07) is 7.91. The van der Waals surface area contributed by atoms with E-state index in [0.29, 0.717) is 37.4 Å². The van der Waals surface area contributed by atoms with Crippen LogP contribution in [0.15, 0.2) is 24.3 Å². The van der Waals surface area contributed by atoms with Gasteiger partial charge < -0.3 is 25.3 Å². The van der Waals surface area contributed by atoms with Gasteiger partial charge in [-0.05, 0) is 43.4 Å². The molecule has 1 aromatic heterocycles. The zero-order valence-corrected chi connectivity index (χ0v) is 18.2. The maximum absolute atomic E-state index is 13.3. The number of aromatic amines is 1. The van der Waals surface area contributed by atoms with E-state index in [1.165, 1.54) is 0 Å². The zero-order valence-electron chi connectivity index (χ0n) is 18.2. The Kier molecular flexibility index (Phi) is 6.04. The first-order chi connectivity index (χ1) is 15.4. The van der Waals surface area contributed by atoms with Crippen LogP contribution in [0.3, 0.4) is 0 Å². The van der Waals surface area contributed by atoms with Crippen molar-refractivity contribution in [2.75, 3.05) is 20.2 Å². The fourth-order valence-corrected chi connectivity index (χ4v) is 4.66. The van der Waals surface area contributed by atoms with Crippen LogP contribution in [-0.2, 0) is 9.59 Å². The van der Waals surface area contributed by atoms with Crippen LogP contribution in [0.5, 0.6) is 5.75 Å². The van der Waals surface area contributed by atoms with E-state index in [-0.39, 0.29) is 36.0 Å². The van der Waals surface area contributed by atoms with Gasteiger partial charge in [-0.2, -0.15) is 5.26 Å². The standard InChI is InChI=1S/C23H27N5O4/c1-13-8-19(22(30)26-15(11-24)9-14-6-7-25-21(14)29)28(12-13)23(31)18-10-16-17(27-18)4-3-5-20(16)32-2/h3-5,10,13-15,19,27H,6-9,12H2,1-2H3,(H,25,29)(H,26,30)/t13-,14+,15?,19+/m1/s1. The molecule has 4 atom stereocenters. The van der Waals surface area contributed by atoms with Gasteiger partial charge in [-0.15, -0.1) is 0 Å². The third kappa shape index (κ3) is 4.13. The number of fused-ring (bicyclic) bond motifs is 1. The summed E-state index contributed by atoms with van der Waals surface area (Å²) >= 11 is 0. The summed E-state index contributed by atoms with van der Waals surface area (Å²) in [7, 11) is 1.58. The lowest BCUT2D eigenvalue weighted by Gasteiger charge is -2.25. The highest BCUT2D eigenvalue weighted by molar-refractivity contribution is 6.01. The molecular weight excluding hydrogens is 410 g/mol. The van der Waals surface area contributed by atoms with Crippen LogP contribution in [0.1, 0.15) is 36.7 Å². The number of ether oxygens (including phenoxy) is 1. The lowest BCUT2D eigenvalue weighted by molar-refractivity contribution is -0.126. The Labute approximate surface area is 186 Å². The Morgan fingerprint density at radius 3 is 2.91 bits per heavy atom. The number of likely N-dealkylation sites (tertiary alicyclic amines) is 1. The molecule has 2 aromatic rings. The molecule has 0 radical (unpaired) electrons. The second-order valence-electron chi connectivity index (χ2n) is 8.62. The van der Waals surface area contributed by atoms with E-state index >= 15 is 0 Å². The largest absolute Gasteiger partial charge is 0.496 e. The van der Waals surface area contributed by atoms with Gasteiger partial charge in [0.1, 0.15) is 23.5 Å². The van der Waals surface area contributed by atoms with E-state index in [1.807, 2.05) is 25.1 Å². The Morgan fingerprint density at radius 2 is 2.22 bits per heavy atom. The Hall–Kier alpha value is -3.54. The molecule has 4 rings (SSSR count). The second-order valence-corrected chi connectivity index (χ2v) is 8.62. The smallest absolute Gasteiger partial charge is 0.270 e. The number of hydrogen-bond donors (Lipinski definition) is 3. The van der Waals surface area contributed by atoms with Crippen LogP contribution in [0.4, 0.5) is 0 Å². The monoisotopic (exact) mass is 437 g/mol. The molecule has 0 bridgehead atoms. The summed E-state index contributed by atoms with van der Waals surface area (Å²) < 4.78 is 5.37. The first-order valence-corrected chi connectivity index (χ1v) is 10.9. The van der Waals surface area contributed by atoms with Gasteiger partial charge in [-0.25, -0.2) is 0 Å². The fourth-order valence-electron chi connectivity index (χ4n) is 4.66. The van der Waals surface area contributed by atoms with Gasteiger partial charge >= 0.3 is 0 Å².